The average Bonchev–Trinajstić information content (AvgIpc) is 3.60. The third kappa shape index (κ3) is 6.99. The van der Waals surface area contributed by atoms with Crippen molar-refractivity contribution < 1.29 is 53.1 Å². The maximum Gasteiger partial charge on any atom is 0.306 e. The van der Waals surface area contributed by atoms with E-state index >= 15 is 4.39 Å². The second-order valence-electron chi connectivity index (χ2n) is 10.5. The normalized spacial score (nSPS) is 13.8. The predicted octanol–water partition coefficient (Wildman–Crippen LogP) is 5.50. The summed E-state index contributed by atoms with van der Waals surface area (Å²) in [6, 6.07) is 4.60. The SMILES string of the molecule is COc1cc2sc(C(=O)C[C@H](C)C(=O)O)cc2c(Cl)c1OCCCOc1c(O)cc2c(c1F)CN(C(=O)C[C@H](C)C(=O)O)C2. The minimum absolute atomic E-state index is 0.0386. The highest BCUT2D eigenvalue weighted by molar-refractivity contribution is 7.21. The van der Waals surface area contributed by atoms with Gasteiger partial charge >= 0.3 is 11.9 Å². The fraction of sp³-hybridized carbons (Fsp3) is 0.400. The van der Waals surface area contributed by atoms with Gasteiger partial charge in [0.1, 0.15) is 0 Å². The Kier molecular flexibility index (Phi) is 10.2. The molecule has 0 bridgehead atoms. The van der Waals surface area contributed by atoms with Crippen LogP contribution in [0.2, 0.25) is 5.02 Å². The first kappa shape index (κ1) is 32.8. The van der Waals surface area contributed by atoms with Crippen LogP contribution in [0, 0.1) is 17.7 Å². The number of fused-ring (bicyclic) bond motifs is 2. The van der Waals surface area contributed by atoms with Gasteiger partial charge in [0.15, 0.2) is 34.6 Å². The van der Waals surface area contributed by atoms with Crippen LogP contribution in [0.1, 0.15) is 53.9 Å². The molecule has 2 atom stereocenters. The van der Waals surface area contributed by atoms with E-state index in [0.717, 1.165) is 0 Å². The van der Waals surface area contributed by atoms with Gasteiger partial charge in [-0.05, 0) is 17.7 Å². The standard InChI is InChI=1S/C30H31ClFNO10S/c1-14(29(37)38)7-19(34)23-10-17-22(44-23)11-21(41-3)28(25(17)31)43-6-4-5-42-27-20(35)9-16-12-33(13-18(16)26(27)32)24(36)8-15(2)30(39)40/h9-11,14-15,35H,4-8,12-13H2,1-3H3,(H,37,38)(H,39,40)/t14-,15-/m0/s1. The van der Waals surface area contributed by atoms with Crippen molar-refractivity contribution in [2.45, 2.75) is 46.2 Å². The molecule has 0 radical (unpaired) electrons. The first-order valence-corrected chi connectivity index (χ1v) is 14.9. The van der Waals surface area contributed by atoms with Crippen LogP contribution < -0.4 is 14.2 Å². The van der Waals surface area contributed by atoms with E-state index in [-0.39, 0.29) is 73.4 Å². The number of ether oxygens (including phenoxy) is 3. The van der Waals surface area contributed by atoms with Crippen LogP contribution in [0.4, 0.5) is 4.39 Å². The Hall–Kier alpha value is -4.10. The van der Waals surface area contributed by atoms with Crippen LogP contribution in [0.3, 0.4) is 0 Å². The number of aliphatic carboxylic acids is 2. The van der Waals surface area contributed by atoms with Gasteiger partial charge in [-0.25, -0.2) is 4.39 Å². The number of benzene rings is 2. The summed E-state index contributed by atoms with van der Waals surface area (Å²) in [5.74, 6) is -5.64. The van der Waals surface area contributed by atoms with E-state index in [1.807, 2.05) is 0 Å². The molecular formula is C30H31ClFNO10S. The lowest BCUT2D eigenvalue weighted by atomic mass is 10.0. The number of nitrogens with zero attached hydrogens (tertiary/aromatic N) is 1. The topological polar surface area (TPSA) is 160 Å². The molecule has 1 aliphatic rings. The van der Waals surface area contributed by atoms with E-state index in [2.05, 4.69) is 0 Å². The van der Waals surface area contributed by atoms with Crippen LogP contribution in [0.5, 0.6) is 23.0 Å². The van der Waals surface area contributed by atoms with E-state index in [1.54, 1.807) is 12.1 Å². The molecule has 236 valence electrons. The molecule has 0 spiro atoms. The van der Waals surface area contributed by atoms with Gasteiger partial charge in [-0.3, -0.25) is 19.2 Å². The zero-order valence-corrected chi connectivity index (χ0v) is 25.7. The van der Waals surface area contributed by atoms with Crippen molar-refractivity contribution in [2.24, 2.45) is 11.8 Å². The largest absolute Gasteiger partial charge is 0.504 e. The monoisotopic (exact) mass is 651 g/mol. The number of rotatable bonds is 14. The number of carbonyl (C=O) groups excluding carboxylic acids is 2. The van der Waals surface area contributed by atoms with E-state index in [9.17, 15) is 24.3 Å². The summed E-state index contributed by atoms with van der Waals surface area (Å²) in [6.45, 7) is 2.90. The van der Waals surface area contributed by atoms with E-state index < -0.39 is 41.2 Å². The fourth-order valence-corrected chi connectivity index (χ4v) is 6.07. The van der Waals surface area contributed by atoms with Gasteiger partial charge in [-0.2, -0.15) is 0 Å². The Morgan fingerprint density at radius 3 is 2.27 bits per heavy atom. The highest BCUT2D eigenvalue weighted by atomic mass is 35.5. The van der Waals surface area contributed by atoms with Crippen LogP contribution in [0.25, 0.3) is 10.1 Å². The first-order chi connectivity index (χ1) is 20.8. The molecule has 2 heterocycles. The lowest BCUT2D eigenvalue weighted by Gasteiger charge is -2.16. The van der Waals surface area contributed by atoms with Crippen molar-refractivity contribution in [2.75, 3.05) is 20.3 Å². The molecule has 44 heavy (non-hydrogen) atoms. The van der Waals surface area contributed by atoms with Gasteiger partial charge in [0.05, 0.1) is 42.1 Å². The number of amides is 1. The van der Waals surface area contributed by atoms with Gasteiger partial charge in [-0.1, -0.05) is 25.4 Å². The van der Waals surface area contributed by atoms with Crippen LogP contribution in [-0.2, 0) is 27.5 Å². The number of thiophene rings is 1. The first-order valence-electron chi connectivity index (χ1n) is 13.7. The Labute approximate surface area is 260 Å². The zero-order valence-electron chi connectivity index (χ0n) is 24.1. The molecule has 0 unspecified atom stereocenters. The Balaban J connectivity index is 1.38. The Morgan fingerprint density at radius 2 is 1.64 bits per heavy atom. The maximum absolute atomic E-state index is 15.3. The molecule has 4 rings (SSSR count). The summed E-state index contributed by atoms with van der Waals surface area (Å²) in [7, 11) is 1.43. The molecular weight excluding hydrogens is 621 g/mol. The Morgan fingerprint density at radius 1 is 1.00 bits per heavy atom. The third-order valence-corrected chi connectivity index (χ3v) is 8.73. The number of ketones is 1. The highest BCUT2D eigenvalue weighted by Crippen LogP contribution is 2.44. The molecule has 14 heteroatoms. The second kappa shape index (κ2) is 13.7. The van der Waals surface area contributed by atoms with E-state index in [4.69, 9.17) is 36.0 Å². The van der Waals surface area contributed by atoms with Gasteiger partial charge < -0.3 is 34.4 Å². The van der Waals surface area contributed by atoms with E-state index in [1.165, 1.54) is 43.3 Å². The number of aromatic hydroxyl groups is 1. The number of phenolic OH excluding ortho intramolecular Hbond substituents is 1. The maximum atomic E-state index is 15.3. The highest BCUT2D eigenvalue weighted by Gasteiger charge is 2.31. The van der Waals surface area contributed by atoms with Crippen molar-refractivity contribution in [1.82, 2.24) is 4.90 Å². The molecule has 0 saturated heterocycles. The number of methoxy groups -OCH3 is 1. The van der Waals surface area contributed by atoms with Crippen molar-refractivity contribution in [3.63, 3.8) is 0 Å². The predicted molar refractivity (Wildman–Crippen MR) is 158 cm³/mol. The summed E-state index contributed by atoms with van der Waals surface area (Å²) in [4.78, 5) is 49.0. The van der Waals surface area contributed by atoms with Crippen molar-refractivity contribution in [1.29, 1.82) is 0 Å². The minimum Gasteiger partial charge on any atom is -0.504 e. The van der Waals surface area contributed by atoms with E-state index in [0.29, 0.717) is 26.3 Å². The quantitative estimate of drug-likeness (QED) is 0.150. The van der Waals surface area contributed by atoms with Crippen LogP contribution in [-0.4, -0.2) is 64.2 Å². The average molecular weight is 652 g/mol. The molecule has 3 N–H and O–H groups in total. The third-order valence-electron chi connectivity index (χ3n) is 7.23. The number of halogens is 2. The molecule has 3 aromatic rings. The molecule has 0 saturated carbocycles. The summed E-state index contributed by atoms with van der Waals surface area (Å²) in [5.41, 5.74) is 0.611. The van der Waals surface area contributed by atoms with Crippen molar-refractivity contribution in [3.8, 4) is 23.0 Å². The van der Waals surface area contributed by atoms with Gasteiger partial charge in [0.25, 0.3) is 0 Å². The van der Waals surface area contributed by atoms with Crippen molar-refractivity contribution in [3.05, 3.63) is 45.0 Å². The summed E-state index contributed by atoms with van der Waals surface area (Å²) in [5, 5.41) is 29.3. The minimum atomic E-state index is -1.10. The number of phenols is 1. The zero-order chi connectivity index (χ0) is 32.3. The van der Waals surface area contributed by atoms with Crippen LogP contribution >= 0.6 is 22.9 Å². The van der Waals surface area contributed by atoms with Gasteiger partial charge in [0, 0.05) is 54.1 Å². The summed E-state index contributed by atoms with van der Waals surface area (Å²) < 4.78 is 32.7. The molecule has 11 nitrogen and oxygen atoms in total. The molecule has 0 fully saturated rings. The van der Waals surface area contributed by atoms with Crippen molar-refractivity contribution >= 4 is 56.7 Å². The van der Waals surface area contributed by atoms with Gasteiger partial charge in [-0.15, -0.1) is 11.3 Å². The molecule has 1 aromatic heterocycles. The number of hydrogen-bond donors (Lipinski definition) is 3. The molecule has 0 aliphatic carbocycles. The smallest absolute Gasteiger partial charge is 0.306 e. The fourth-order valence-electron chi connectivity index (χ4n) is 4.66. The van der Waals surface area contributed by atoms with Crippen LogP contribution in [0.15, 0.2) is 18.2 Å². The molecule has 2 aromatic carbocycles. The van der Waals surface area contributed by atoms with Gasteiger partial charge in [0.2, 0.25) is 5.91 Å². The molecule has 1 amide bonds. The number of carbonyl (C=O) groups is 4. The number of carboxylic acids is 2. The summed E-state index contributed by atoms with van der Waals surface area (Å²) >= 11 is 7.78. The molecule has 1 aliphatic heterocycles. The number of hydrogen-bond acceptors (Lipinski definition) is 9. The second-order valence-corrected chi connectivity index (χ2v) is 12.0. The lowest BCUT2D eigenvalue weighted by Crippen LogP contribution is -2.28. The number of Topliss-reactive ketones (excluding diaryl/α,β-unsaturated/α-hetero) is 1. The summed E-state index contributed by atoms with van der Waals surface area (Å²) in [6.07, 6.45) is -0.117. The Bertz CT molecular complexity index is 1620. The lowest BCUT2D eigenvalue weighted by molar-refractivity contribution is -0.145. The number of carboxylic acid groups (broad SMARTS) is 2.